The van der Waals surface area contributed by atoms with Crippen molar-refractivity contribution < 1.29 is 0 Å². The second-order valence-corrected chi connectivity index (χ2v) is 5.86. The lowest BCUT2D eigenvalue weighted by Crippen LogP contribution is -2.04. The Bertz CT molecular complexity index is 736. The van der Waals surface area contributed by atoms with Crippen molar-refractivity contribution in [1.29, 1.82) is 0 Å². The molecule has 1 N–H and O–H groups in total. The van der Waals surface area contributed by atoms with E-state index in [0.717, 1.165) is 32.5 Å². The molecule has 6 heteroatoms. The zero-order valence-electron chi connectivity index (χ0n) is 10.8. The van der Waals surface area contributed by atoms with Crippen molar-refractivity contribution in [2.75, 3.05) is 0 Å². The maximum Gasteiger partial charge on any atom is 0.146 e. The van der Waals surface area contributed by atoms with Gasteiger partial charge in [0, 0.05) is 0 Å². The number of aromatic nitrogens is 4. The number of aryl methyl sites for hydroxylation is 1. The SMILES string of the molecule is CCc1nc(Cc2nc3ccccc3[nH]2)nc(Cl)c1I. The molecule has 0 radical (unpaired) electrons. The topological polar surface area (TPSA) is 54.5 Å². The summed E-state index contributed by atoms with van der Waals surface area (Å²) >= 11 is 8.34. The second kappa shape index (κ2) is 5.65. The molecule has 0 aliphatic carbocycles. The van der Waals surface area contributed by atoms with Crippen molar-refractivity contribution >= 4 is 45.2 Å². The number of fused-ring (bicyclic) bond motifs is 1. The van der Waals surface area contributed by atoms with Crippen LogP contribution in [0.3, 0.4) is 0 Å². The highest BCUT2D eigenvalue weighted by Gasteiger charge is 2.11. The van der Waals surface area contributed by atoms with Crippen LogP contribution in [-0.4, -0.2) is 19.9 Å². The molecular formula is C14H12ClIN4. The smallest absolute Gasteiger partial charge is 0.146 e. The van der Waals surface area contributed by atoms with Crippen LogP contribution in [0, 0.1) is 3.57 Å². The zero-order chi connectivity index (χ0) is 14.1. The molecule has 0 fully saturated rings. The predicted octanol–water partition coefficient (Wildman–Crippen LogP) is 3.76. The fraction of sp³-hybridized carbons (Fsp3) is 0.214. The molecule has 3 aromatic rings. The summed E-state index contributed by atoms with van der Waals surface area (Å²) in [5.41, 5.74) is 2.96. The van der Waals surface area contributed by atoms with E-state index in [0.29, 0.717) is 17.4 Å². The van der Waals surface area contributed by atoms with Crippen LogP contribution in [-0.2, 0) is 12.8 Å². The van der Waals surface area contributed by atoms with Crippen molar-refractivity contribution in [2.24, 2.45) is 0 Å². The minimum Gasteiger partial charge on any atom is -0.342 e. The standard InChI is InChI=1S/C14H12ClIN4/c1-2-8-13(16)14(15)20-12(17-8)7-11-18-9-5-3-4-6-10(9)19-11/h3-6H,2,7H2,1H3,(H,18,19). The lowest BCUT2D eigenvalue weighted by molar-refractivity contribution is 0.869. The Kier molecular flexibility index (Phi) is 3.89. The van der Waals surface area contributed by atoms with E-state index in [4.69, 9.17) is 11.6 Å². The molecule has 0 aliphatic rings. The molecule has 0 atom stereocenters. The van der Waals surface area contributed by atoms with E-state index in [2.05, 4.69) is 49.5 Å². The molecule has 0 spiro atoms. The Labute approximate surface area is 135 Å². The van der Waals surface area contributed by atoms with Gasteiger partial charge in [0.1, 0.15) is 16.8 Å². The van der Waals surface area contributed by atoms with Gasteiger partial charge >= 0.3 is 0 Å². The lowest BCUT2D eigenvalue weighted by atomic mass is 10.3. The number of aromatic amines is 1. The van der Waals surface area contributed by atoms with E-state index < -0.39 is 0 Å². The van der Waals surface area contributed by atoms with Crippen LogP contribution >= 0.6 is 34.2 Å². The highest BCUT2D eigenvalue weighted by atomic mass is 127. The minimum atomic E-state index is 0.517. The first kappa shape index (κ1) is 13.8. The Morgan fingerprint density at radius 3 is 2.75 bits per heavy atom. The van der Waals surface area contributed by atoms with Crippen molar-refractivity contribution in [3.63, 3.8) is 0 Å². The zero-order valence-corrected chi connectivity index (χ0v) is 13.7. The summed E-state index contributed by atoms with van der Waals surface area (Å²) in [6.45, 7) is 2.06. The summed E-state index contributed by atoms with van der Waals surface area (Å²) in [6, 6.07) is 7.94. The molecule has 0 saturated heterocycles. The van der Waals surface area contributed by atoms with Gasteiger partial charge in [-0.3, -0.25) is 0 Å². The van der Waals surface area contributed by atoms with E-state index in [-0.39, 0.29) is 0 Å². The van der Waals surface area contributed by atoms with Crippen LogP contribution in [0.1, 0.15) is 24.3 Å². The Balaban J connectivity index is 1.96. The van der Waals surface area contributed by atoms with Crippen molar-refractivity contribution in [3.05, 3.63) is 50.3 Å². The molecule has 3 rings (SSSR count). The van der Waals surface area contributed by atoms with Crippen LogP contribution in [0.4, 0.5) is 0 Å². The molecule has 1 aromatic carbocycles. The molecule has 2 aromatic heterocycles. The average Bonchev–Trinajstić information content (AvgIpc) is 2.84. The highest BCUT2D eigenvalue weighted by molar-refractivity contribution is 14.1. The number of nitrogens with zero attached hydrogens (tertiary/aromatic N) is 3. The lowest BCUT2D eigenvalue weighted by Gasteiger charge is -2.05. The molecular weight excluding hydrogens is 387 g/mol. The van der Waals surface area contributed by atoms with E-state index >= 15 is 0 Å². The molecule has 2 heterocycles. The van der Waals surface area contributed by atoms with Gasteiger partial charge in [0.25, 0.3) is 0 Å². The number of para-hydroxylation sites is 2. The number of halogens is 2. The second-order valence-electron chi connectivity index (χ2n) is 4.42. The van der Waals surface area contributed by atoms with Crippen molar-refractivity contribution in [3.8, 4) is 0 Å². The Hall–Kier alpha value is -1.21. The van der Waals surface area contributed by atoms with Crippen LogP contribution in [0.2, 0.25) is 5.15 Å². The van der Waals surface area contributed by atoms with E-state index in [1.165, 1.54) is 0 Å². The summed E-state index contributed by atoms with van der Waals surface area (Å²) < 4.78 is 0.931. The maximum atomic E-state index is 6.15. The third-order valence-corrected chi connectivity index (χ3v) is 4.75. The normalized spacial score (nSPS) is 11.2. The van der Waals surface area contributed by atoms with Crippen LogP contribution < -0.4 is 0 Å². The molecule has 4 nitrogen and oxygen atoms in total. The molecule has 20 heavy (non-hydrogen) atoms. The summed E-state index contributed by atoms with van der Waals surface area (Å²) in [4.78, 5) is 16.7. The number of hydrogen-bond acceptors (Lipinski definition) is 3. The van der Waals surface area contributed by atoms with Crippen LogP contribution in [0.5, 0.6) is 0 Å². The van der Waals surface area contributed by atoms with Crippen molar-refractivity contribution in [1.82, 2.24) is 19.9 Å². The quantitative estimate of drug-likeness (QED) is 0.540. The van der Waals surface area contributed by atoms with Gasteiger partial charge in [-0.05, 0) is 41.1 Å². The minimum absolute atomic E-state index is 0.517. The monoisotopic (exact) mass is 398 g/mol. The first-order valence-corrected chi connectivity index (χ1v) is 7.77. The summed E-state index contributed by atoms with van der Waals surface area (Å²) in [6.07, 6.45) is 1.39. The van der Waals surface area contributed by atoms with Gasteiger partial charge in [-0.2, -0.15) is 0 Å². The first-order valence-electron chi connectivity index (χ1n) is 6.31. The van der Waals surface area contributed by atoms with Gasteiger partial charge in [0.15, 0.2) is 0 Å². The third kappa shape index (κ3) is 2.64. The molecule has 0 aliphatic heterocycles. The maximum absolute atomic E-state index is 6.15. The summed E-state index contributed by atoms with van der Waals surface area (Å²) in [5, 5.41) is 0.517. The fourth-order valence-corrected chi connectivity index (χ4v) is 2.89. The van der Waals surface area contributed by atoms with E-state index in [1.54, 1.807) is 0 Å². The van der Waals surface area contributed by atoms with Gasteiger partial charge < -0.3 is 4.98 Å². The van der Waals surface area contributed by atoms with Gasteiger partial charge in [-0.25, -0.2) is 15.0 Å². The van der Waals surface area contributed by atoms with Gasteiger partial charge in [0.05, 0.1) is 26.7 Å². The number of benzene rings is 1. The molecule has 0 saturated carbocycles. The molecule has 102 valence electrons. The van der Waals surface area contributed by atoms with Crippen LogP contribution in [0.25, 0.3) is 11.0 Å². The number of nitrogens with one attached hydrogen (secondary N) is 1. The van der Waals surface area contributed by atoms with Gasteiger partial charge in [-0.1, -0.05) is 30.7 Å². The van der Waals surface area contributed by atoms with Gasteiger partial charge in [0.2, 0.25) is 0 Å². The van der Waals surface area contributed by atoms with Crippen LogP contribution in [0.15, 0.2) is 24.3 Å². The fourth-order valence-electron chi connectivity index (χ4n) is 2.06. The molecule has 0 amide bonds. The molecule has 0 unspecified atom stereocenters. The Morgan fingerprint density at radius 2 is 2.00 bits per heavy atom. The van der Waals surface area contributed by atoms with Crippen molar-refractivity contribution in [2.45, 2.75) is 19.8 Å². The van der Waals surface area contributed by atoms with E-state index in [1.807, 2.05) is 24.3 Å². The largest absolute Gasteiger partial charge is 0.342 e. The predicted molar refractivity (Wildman–Crippen MR) is 88.0 cm³/mol. The number of imidazole rings is 1. The first-order chi connectivity index (χ1) is 9.67. The molecule has 0 bridgehead atoms. The van der Waals surface area contributed by atoms with E-state index in [9.17, 15) is 0 Å². The number of H-pyrrole nitrogens is 1. The summed E-state index contributed by atoms with van der Waals surface area (Å²) in [5.74, 6) is 1.55. The highest BCUT2D eigenvalue weighted by Crippen LogP contribution is 2.20. The summed E-state index contributed by atoms with van der Waals surface area (Å²) in [7, 11) is 0. The average molecular weight is 399 g/mol. The Morgan fingerprint density at radius 1 is 1.20 bits per heavy atom. The van der Waals surface area contributed by atoms with Gasteiger partial charge in [-0.15, -0.1) is 0 Å². The number of rotatable bonds is 3. The number of hydrogen-bond donors (Lipinski definition) is 1. The third-order valence-electron chi connectivity index (χ3n) is 3.02.